The summed E-state index contributed by atoms with van der Waals surface area (Å²) in [7, 11) is 4.41. The molecular weight excluding hydrogens is 538 g/mol. The number of aromatic nitrogens is 2. The summed E-state index contributed by atoms with van der Waals surface area (Å²) in [5.41, 5.74) is 13.1. The van der Waals surface area contributed by atoms with Gasteiger partial charge in [-0.2, -0.15) is 0 Å². The summed E-state index contributed by atoms with van der Waals surface area (Å²) in [4.78, 5) is 22.4. The number of nitro groups is 1. The number of nitrogens with one attached hydrogen (secondary N) is 3. The molecule has 9 nitrogen and oxygen atoms in total. The number of nitrogen functional groups attached to an aromatic ring is 1. The fourth-order valence-electron chi connectivity index (χ4n) is 6.67. The number of hydrogen-bond acceptors (Lipinski definition) is 6. The first kappa shape index (κ1) is 28.8. The molecule has 1 unspecified atom stereocenters. The zero-order valence-electron chi connectivity index (χ0n) is 25.0. The highest BCUT2D eigenvalue weighted by molar-refractivity contribution is 5.88. The van der Waals surface area contributed by atoms with Crippen LogP contribution in [0.2, 0.25) is 0 Å². The quantitative estimate of drug-likeness (QED) is 0.0952. The van der Waals surface area contributed by atoms with Crippen molar-refractivity contribution in [2.45, 2.75) is 50.6 Å². The normalized spacial score (nSPS) is 19.1. The van der Waals surface area contributed by atoms with Crippen LogP contribution in [-0.4, -0.2) is 64.0 Å². The second kappa shape index (κ2) is 12.5. The lowest BCUT2D eigenvalue weighted by Crippen LogP contribution is -2.26. The van der Waals surface area contributed by atoms with Crippen molar-refractivity contribution in [3.05, 3.63) is 94.3 Å². The number of hydrogen-bond donors (Lipinski definition) is 4. The van der Waals surface area contributed by atoms with Crippen molar-refractivity contribution >= 4 is 44.6 Å². The lowest BCUT2D eigenvalue weighted by atomic mass is 10.0. The van der Waals surface area contributed by atoms with Crippen molar-refractivity contribution in [1.82, 2.24) is 19.8 Å². The van der Waals surface area contributed by atoms with Crippen molar-refractivity contribution in [1.29, 1.82) is 0 Å². The van der Waals surface area contributed by atoms with Gasteiger partial charge in [-0.05, 0) is 119 Å². The minimum absolute atomic E-state index is 0.0782. The van der Waals surface area contributed by atoms with E-state index in [0.29, 0.717) is 17.8 Å². The van der Waals surface area contributed by atoms with Crippen molar-refractivity contribution in [2.75, 3.05) is 38.2 Å². The monoisotopic (exact) mass is 579 g/mol. The van der Waals surface area contributed by atoms with Gasteiger partial charge in [-0.15, -0.1) is 0 Å². The molecule has 0 saturated carbocycles. The number of likely N-dealkylation sites (N-methyl/N-ethyl adjacent to an activating group) is 2. The minimum atomic E-state index is -0.363. The Morgan fingerprint density at radius 1 is 0.860 bits per heavy atom. The third kappa shape index (κ3) is 6.38. The lowest BCUT2D eigenvalue weighted by molar-refractivity contribution is -0.383. The van der Waals surface area contributed by atoms with E-state index in [1.165, 1.54) is 65.7 Å². The number of rotatable bonds is 7. The van der Waals surface area contributed by atoms with Gasteiger partial charge >= 0.3 is 0 Å². The van der Waals surface area contributed by atoms with Gasteiger partial charge in [0.1, 0.15) is 5.69 Å². The Labute approximate surface area is 252 Å². The number of nitrogens with two attached hydrogens (primary N) is 1. The third-order valence-corrected chi connectivity index (χ3v) is 9.19. The van der Waals surface area contributed by atoms with Crippen LogP contribution in [-0.2, 0) is 12.8 Å². The van der Waals surface area contributed by atoms with Crippen molar-refractivity contribution in [2.24, 2.45) is 0 Å². The van der Waals surface area contributed by atoms with Crippen LogP contribution in [0.3, 0.4) is 0 Å². The molecule has 7 rings (SSSR count). The van der Waals surface area contributed by atoms with Gasteiger partial charge in [-0.25, -0.2) is 0 Å². The van der Waals surface area contributed by atoms with Gasteiger partial charge in [-0.1, -0.05) is 12.1 Å². The van der Waals surface area contributed by atoms with E-state index in [4.69, 9.17) is 5.73 Å². The molecule has 0 radical (unpaired) electrons. The van der Waals surface area contributed by atoms with Gasteiger partial charge in [0, 0.05) is 63.7 Å². The largest absolute Gasteiger partial charge is 0.399 e. The molecule has 5 aromatic rings. The van der Waals surface area contributed by atoms with Crippen LogP contribution in [0, 0.1) is 10.1 Å². The highest BCUT2D eigenvalue weighted by Crippen LogP contribution is 2.31. The number of fused-ring (bicyclic) bond motifs is 2. The summed E-state index contributed by atoms with van der Waals surface area (Å²) in [6.45, 7) is 2.40. The van der Waals surface area contributed by atoms with E-state index in [1.807, 2.05) is 18.2 Å². The Balaban J connectivity index is 0.000000167. The Hall–Kier alpha value is -4.34. The van der Waals surface area contributed by atoms with Gasteiger partial charge in [0.05, 0.1) is 4.92 Å². The number of benzene rings is 3. The summed E-state index contributed by atoms with van der Waals surface area (Å²) < 4.78 is 0. The highest BCUT2D eigenvalue weighted by atomic mass is 16.6. The van der Waals surface area contributed by atoms with Crippen LogP contribution in [0.5, 0.6) is 0 Å². The molecule has 224 valence electrons. The summed E-state index contributed by atoms with van der Waals surface area (Å²) in [5, 5.41) is 16.9. The second-order valence-electron chi connectivity index (χ2n) is 12.1. The average molecular weight is 580 g/mol. The predicted molar refractivity (Wildman–Crippen MR) is 176 cm³/mol. The molecule has 2 fully saturated rings. The van der Waals surface area contributed by atoms with Gasteiger partial charge in [0.15, 0.2) is 0 Å². The maximum absolute atomic E-state index is 11.2. The van der Waals surface area contributed by atoms with E-state index in [1.54, 1.807) is 18.2 Å². The first-order valence-electron chi connectivity index (χ1n) is 15.2. The van der Waals surface area contributed by atoms with Crippen LogP contribution in [0.1, 0.15) is 36.8 Å². The molecule has 2 aliphatic rings. The number of likely N-dealkylation sites (tertiary alicyclic amines) is 2. The smallest absolute Gasteiger partial charge is 0.292 e. The summed E-state index contributed by atoms with van der Waals surface area (Å²) >= 11 is 0. The zero-order chi connectivity index (χ0) is 29.9. The first-order chi connectivity index (χ1) is 20.9. The molecule has 0 bridgehead atoms. The standard InChI is InChI=1S/C20H22N4O2.C14H19N3/c1-23-10-4-5-16(23)11-14-13-21-18-9-8-15(12-17(14)18)22-19-6-2-3-7-20(19)24(25)26;1-17-6-2-3-12(17)7-10-9-16-14-5-4-11(15)8-13(10)14/h2-3,6-9,12-13,16,21-22H,4-5,10-11H2,1H3;4-5,8-9,12,16H,2-3,6-7,15H2,1H3/t;12-/m.1/s1. The molecule has 2 saturated heterocycles. The van der Waals surface area contributed by atoms with Crippen molar-refractivity contribution in [3.63, 3.8) is 0 Å². The van der Waals surface area contributed by atoms with Crippen molar-refractivity contribution in [3.8, 4) is 0 Å². The van der Waals surface area contributed by atoms with Gasteiger partial charge in [0.25, 0.3) is 5.69 Å². The summed E-state index contributed by atoms with van der Waals surface area (Å²) in [6, 6.07) is 20.1. The van der Waals surface area contributed by atoms with E-state index in [0.717, 1.165) is 36.3 Å². The highest BCUT2D eigenvalue weighted by Gasteiger charge is 2.23. The number of aromatic amines is 2. The van der Waals surface area contributed by atoms with E-state index >= 15 is 0 Å². The molecule has 2 aromatic heterocycles. The summed E-state index contributed by atoms with van der Waals surface area (Å²) in [5.74, 6) is 0. The number of para-hydroxylation sites is 2. The van der Waals surface area contributed by atoms with Gasteiger partial charge in [-0.3, -0.25) is 10.1 Å². The lowest BCUT2D eigenvalue weighted by Gasteiger charge is -2.18. The van der Waals surface area contributed by atoms with Crippen LogP contribution in [0.15, 0.2) is 73.1 Å². The number of nitro benzene ring substituents is 1. The number of anilines is 3. The van der Waals surface area contributed by atoms with E-state index in [9.17, 15) is 10.1 Å². The Morgan fingerprint density at radius 3 is 2.02 bits per heavy atom. The van der Waals surface area contributed by atoms with Crippen LogP contribution in [0.4, 0.5) is 22.7 Å². The maximum atomic E-state index is 11.2. The molecule has 43 heavy (non-hydrogen) atoms. The number of H-pyrrole nitrogens is 2. The van der Waals surface area contributed by atoms with E-state index < -0.39 is 0 Å². The Bertz CT molecular complexity index is 1720. The second-order valence-corrected chi connectivity index (χ2v) is 12.1. The fraction of sp³-hybridized carbons (Fsp3) is 0.353. The molecule has 2 atom stereocenters. The molecule has 0 spiro atoms. The van der Waals surface area contributed by atoms with Gasteiger partial charge < -0.3 is 30.8 Å². The molecular formula is C34H41N7O2. The molecule has 9 heteroatoms. The zero-order valence-corrected chi connectivity index (χ0v) is 25.0. The molecule has 5 N–H and O–H groups in total. The Morgan fingerprint density at radius 2 is 1.44 bits per heavy atom. The maximum Gasteiger partial charge on any atom is 0.292 e. The molecule has 2 aliphatic heterocycles. The first-order valence-corrected chi connectivity index (χ1v) is 15.2. The fourth-order valence-corrected chi connectivity index (χ4v) is 6.67. The molecule has 3 aromatic carbocycles. The van der Waals surface area contributed by atoms with Crippen LogP contribution >= 0.6 is 0 Å². The topological polar surface area (TPSA) is 119 Å². The predicted octanol–water partition coefficient (Wildman–Crippen LogP) is 6.84. The van der Waals surface area contributed by atoms with E-state index in [2.05, 4.69) is 69.8 Å². The average Bonchev–Trinajstić information content (AvgIpc) is 3.79. The van der Waals surface area contributed by atoms with Crippen LogP contribution in [0.25, 0.3) is 21.8 Å². The van der Waals surface area contributed by atoms with Crippen molar-refractivity contribution < 1.29 is 4.92 Å². The molecule has 0 amide bonds. The Kier molecular flexibility index (Phi) is 8.35. The third-order valence-electron chi connectivity index (χ3n) is 9.19. The van der Waals surface area contributed by atoms with Crippen LogP contribution < -0.4 is 11.1 Å². The molecule has 0 aliphatic carbocycles. The molecule has 4 heterocycles. The SMILES string of the molecule is CN1CCCC1Cc1c[nH]c2ccc(Nc3ccccc3[N+](=O)[O-])cc12.CN1CCC[C@@H]1Cc1c[nH]c2ccc(N)cc12. The van der Waals surface area contributed by atoms with E-state index in [-0.39, 0.29) is 10.6 Å². The summed E-state index contributed by atoms with van der Waals surface area (Å²) in [6.07, 6.45) is 11.5. The minimum Gasteiger partial charge on any atom is -0.399 e. The number of nitrogens with zero attached hydrogens (tertiary/aromatic N) is 3. The van der Waals surface area contributed by atoms with Gasteiger partial charge in [0.2, 0.25) is 0 Å².